The Bertz CT molecular complexity index is 766. The number of hydrogen-bond donors (Lipinski definition) is 1. The number of aromatic nitrogens is 2. The molecule has 2 aromatic heterocycles. The van der Waals surface area contributed by atoms with Gasteiger partial charge in [-0.25, -0.2) is 0 Å². The molecule has 2 aliphatic rings. The van der Waals surface area contributed by atoms with E-state index in [1.807, 2.05) is 19.1 Å². The monoisotopic (exact) mass is 356 g/mol. The van der Waals surface area contributed by atoms with Crippen LogP contribution in [0.2, 0.25) is 0 Å². The van der Waals surface area contributed by atoms with Crippen LogP contribution in [-0.2, 0) is 24.1 Å². The lowest BCUT2D eigenvalue weighted by Crippen LogP contribution is -2.39. The maximum absolute atomic E-state index is 12.5. The van der Waals surface area contributed by atoms with Crippen molar-refractivity contribution in [1.82, 2.24) is 20.4 Å². The van der Waals surface area contributed by atoms with Crippen LogP contribution in [0.3, 0.4) is 0 Å². The van der Waals surface area contributed by atoms with Gasteiger partial charge >= 0.3 is 0 Å². The molecule has 0 spiro atoms. The highest BCUT2D eigenvalue weighted by Gasteiger charge is 2.28. The Kier molecular flexibility index (Phi) is 4.99. The molecule has 1 aliphatic heterocycles. The zero-order valence-corrected chi connectivity index (χ0v) is 15.0. The van der Waals surface area contributed by atoms with Crippen LogP contribution >= 0.6 is 0 Å². The average Bonchev–Trinajstić information content (AvgIpc) is 3.05. The normalized spacial score (nSPS) is 20.6. The van der Waals surface area contributed by atoms with Crippen molar-refractivity contribution in [2.45, 2.75) is 38.8 Å². The molecule has 26 heavy (non-hydrogen) atoms. The average molecular weight is 356 g/mol. The molecule has 138 valence electrons. The van der Waals surface area contributed by atoms with E-state index in [0.29, 0.717) is 5.56 Å². The summed E-state index contributed by atoms with van der Waals surface area (Å²) in [6, 6.07) is 3.77. The molecule has 4 rings (SSSR count). The molecule has 0 saturated carbocycles. The quantitative estimate of drug-likeness (QED) is 0.894. The van der Waals surface area contributed by atoms with Gasteiger partial charge in [-0.05, 0) is 31.9 Å². The summed E-state index contributed by atoms with van der Waals surface area (Å²) in [6.07, 6.45) is 4.07. The number of amides is 1. The van der Waals surface area contributed by atoms with Gasteiger partial charge in [0.15, 0.2) is 0 Å². The van der Waals surface area contributed by atoms with Crippen molar-refractivity contribution >= 4 is 5.91 Å². The summed E-state index contributed by atoms with van der Waals surface area (Å²) in [7, 11) is 0. The summed E-state index contributed by atoms with van der Waals surface area (Å²) in [5, 5.41) is 7.43. The molecule has 1 unspecified atom stereocenters. The first kappa shape index (κ1) is 17.2. The number of rotatable bonds is 4. The largest absolute Gasteiger partial charge is 0.379 e. The number of carbonyl (C=O) groups excluding carboxylic acids is 1. The van der Waals surface area contributed by atoms with Crippen LogP contribution in [0.5, 0.6) is 0 Å². The molecule has 0 radical (unpaired) electrons. The van der Waals surface area contributed by atoms with Crippen LogP contribution in [0.1, 0.15) is 39.5 Å². The van der Waals surface area contributed by atoms with Crippen molar-refractivity contribution in [3.05, 3.63) is 46.6 Å². The Balaban J connectivity index is 1.41. The van der Waals surface area contributed by atoms with E-state index in [1.54, 1.807) is 6.20 Å². The molecule has 7 nitrogen and oxygen atoms in total. The van der Waals surface area contributed by atoms with Crippen LogP contribution < -0.4 is 5.32 Å². The van der Waals surface area contributed by atoms with Crippen molar-refractivity contribution in [3.63, 3.8) is 0 Å². The third kappa shape index (κ3) is 3.78. The Morgan fingerprint density at radius 3 is 2.96 bits per heavy atom. The molecule has 1 atom stereocenters. The van der Waals surface area contributed by atoms with E-state index < -0.39 is 0 Å². The SMILES string of the molecule is Cc1ccc(C(=O)NC2CCc3onc(CN4CCOCC4)c3C2)cn1. The van der Waals surface area contributed by atoms with E-state index in [9.17, 15) is 4.79 Å². The van der Waals surface area contributed by atoms with Crippen molar-refractivity contribution in [1.29, 1.82) is 0 Å². The van der Waals surface area contributed by atoms with Crippen molar-refractivity contribution in [2.24, 2.45) is 0 Å². The zero-order valence-electron chi connectivity index (χ0n) is 15.0. The molecule has 1 saturated heterocycles. The van der Waals surface area contributed by atoms with Gasteiger partial charge in [0.2, 0.25) is 0 Å². The Labute approximate surface area is 152 Å². The molecule has 3 heterocycles. The predicted octanol–water partition coefficient (Wildman–Crippen LogP) is 1.50. The lowest BCUT2D eigenvalue weighted by molar-refractivity contribution is 0.0331. The summed E-state index contributed by atoms with van der Waals surface area (Å²) in [5.74, 6) is 0.896. The van der Waals surface area contributed by atoms with Crippen LogP contribution in [0.4, 0.5) is 0 Å². The Morgan fingerprint density at radius 1 is 1.35 bits per heavy atom. The molecule has 1 N–H and O–H groups in total. The van der Waals surface area contributed by atoms with Gasteiger partial charge in [-0.2, -0.15) is 0 Å². The fraction of sp³-hybridized carbons (Fsp3) is 0.526. The van der Waals surface area contributed by atoms with Gasteiger partial charge in [-0.1, -0.05) is 5.16 Å². The lowest BCUT2D eigenvalue weighted by Gasteiger charge is -2.27. The Hall–Kier alpha value is -2.25. The van der Waals surface area contributed by atoms with E-state index in [1.165, 1.54) is 0 Å². The lowest BCUT2D eigenvalue weighted by atomic mass is 9.91. The number of carbonyl (C=O) groups is 1. The highest BCUT2D eigenvalue weighted by atomic mass is 16.5. The summed E-state index contributed by atoms with van der Waals surface area (Å²) in [6.45, 7) is 6.06. The van der Waals surface area contributed by atoms with Gasteiger partial charge in [0, 0.05) is 49.6 Å². The summed E-state index contributed by atoms with van der Waals surface area (Å²) < 4.78 is 11.0. The van der Waals surface area contributed by atoms with E-state index >= 15 is 0 Å². The third-order valence-electron chi connectivity index (χ3n) is 5.11. The molecule has 1 fully saturated rings. The molecule has 0 aromatic carbocycles. The topological polar surface area (TPSA) is 80.5 Å². The second-order valence-electron chi connectivity index (χ2n) is 7.02. The van der Waals surface area contributed by atoms with E-state index in [2.05, 4.69) is 20.4 Å². The minimum atomic E-state index is -0.0721. The summed E-state index contributed by atoms with van der Waals surface area (Å²) >= 11 is 0. The predicted molar refractivity (Wildman–Crippen MR) is 94.9 cm³/mol. The van der Waals surface area contributed by atoms with Crippen LogP contribution in [0.15, 0.2) is 22.9 Å². The molecule has 1 aliphatic carbocycles. The highest BCUT2D eigenvalue weighted by Crippen LogP contribution is 2.26. The molecular formula is C19H24N4O3. The van der Waals surface area contributed by atoms with Crippen LogP contribution in [0.25, 0.3) is 0 Å². The minimum Gasteiger partial charge on any atom is -0.379 e. The van der Waals surface area contributed by atoms with E-state index in [0.717, 1.165) is 74.8 Å². The minimum absolute atomic E-state index is 0.0721. The smallest absolute Gasteiger partial charge is 0.253 e. The summed E-state index contributed by atoms with van der Waals surface area (Å²) in [5.41, 5.74) is 3.66. The number of nitrogens with zero attached hydrogens (tertiary/aromatic N) is 3. The van der Waals surface area contributed by atoms with E-state index in [-0.39, 0.29) is 11.9 Å². The number of morpholine rings is 1. The number of fused-ring (bicyclic) bond motifs is 1. The van der Waals surface area contributed by atoms with Crippen molar-refractivity contribution < 1.29 is 14.1 Å². The molecule has 2 aromatic rings. The number of pyridine rings is 1. The molecular weight excluding hydrogens is 332 g/mol. The van der Waals surface area contributed by atoms with E-state index in [4.69, 9.17) is 9.26 Å². The first-order valence-corrected chi connectivity index (χ1v) is 9.19. The second kappa shape index (κ2) is 7.55. The Morgan fingerprint density at radius 2 is 2.19 bits per heavy atom. The number of hydrogen-bond acceptors (Lipinski definition) is 6. The molecule has 7 heteroatoms. The van der Waals surface area contributed by atoms with Gasteiger partial charge in [0.1, 0.15) is 11.5 Å². The number of ether oxygens (including phenoxy) is 1. The first-order chi connectivity index (χ1) is 12.7. The third-order valence-corrected chi connectivity index (χ3v) is 5.11. The molecule has 0 bridgehead atoms. The summed E-state index contributed by atoms with van der Waals surface area (Å²) in [4.78, 5) is 19.0. The van der Waals surface area contributed by atoms with Crippen molar-refractivity contribution in [2.75, 3.05) is 26.3 Å². The zero-order chi connectivity index (χ0) is 17.9. The fourth-order valence-electron chi connectivity index (χ4n) is 3.55. The number of nitrogens with one attached hydrogen (secondary N) is 1. The fourth-order valence-corrected chi connectivity index (χ4v) is 3.55. The standard InChI is InChI=1S/C19H24N4O3/c1-13-2-3-14(11-20-13)19(24)21-15-4-5-18-16(10-15)17(22-26-18)12-23-6-8-25-9-7-23/h2-3,11,15H,4-10,12H2,1H3,(H,21,24). The van der Waals surface area contributed by atoms with Gasteiger partial charge < -0.3 is 14.6 Å². The molecule has 1 amide bonds. The van der Waals surface area contributed by atoms with Crippen LogP contribution in [-0.4, -0.2) is 53.3 Å². The first-order valence-electron chi connectivity index (χ1n) is 9.19. The number of aryl methyl sites for hydroxylation is 2. The highest BCUT2D eigenvalue weighted by molar-refractivity contribution is 5.94. The van der Waals surface area contributed by atoms with Gasteiger partial charge in [-0.15, -0.1) is 0 Å². The second-order valence-corrected chi connectivity index (χ2v) is 7.02. The van der Waals surface area contributed by atoms with Gasteiger partial charge in [0.25, 0.3) is 5.91 Å². The van der Waals surface area contributed by atoms with Crippen LogP contribution in [0, 0.1) is 6.92 Å². The van der Waals surface area contributed by atoms with Gasteiger partial charge in [0.05, 0.1) is 18.8 Å². The van der Waals surface area contributed by atoms with Gasteiger partial charge in [-0.3, -0.25) is 14.7 Å². The van der Waals surface area contributed by atoms with Crippen molar-refractivity contribution in [3.8, 4) is 0 Å². The maximum Gasteiger partial charge on any atom is 0.253 e. The maximum atomic E-state index is 12.5.